The largest absolute Gasteiger partial charge is 0.481 e. The van der Waals surface area contributed by atoms with Crippen molar-refractivity contribution in [2.24, 2.45) is 0 Å². The van der Waals surface area contributed by atoms with Gasteiger partial charge in [0.2, 0.25) is 5.60 Å². The fourth-order valence-electron chi connectivity index (χ4n) is 1.28. The van der Waals surface area contributed by atoms with E-state index in [2.05, 4.69) is 9.47 Å². The summed E-state index contributed by atoms with van der Waals surface area (Å²) >= 11 is 0. The molecule has 2 unspecified atom stereocenters. The van der Waals surface area contributed by atoms with Gasteiger partial charge in [0.1, 0.15) is 6.10 Å². The summed E-state index contributed by atoms with van der Waals surface area (Å²) in [4.78, 5) is 55.2. The lowest BCUT2D eigenvalue weighted by atomic mass is 9.95. The van der Waals surface area contributed by atoms with E-state index in [9.17, 15) is 24.0 Å². The van der Waals surface area contributed by atoms with Crippen LogP contribution in [0.4, 0.5) is 0 Å². The number of carboxylic acids is 2. The van der Waals surface area contributed by atoms with E-state index in [4.69, 9.17) is 15.3 Å². The van der Waals surface area contributed by atoms with E-state index >= 15 is 0 Å². The van der Waals surface area contributed by atoms with Crippen LogP contribution in [-0.4, -0.2) is 56.9 Å². The van der Waals surface area contributed by atoms with E-state index in [0.29, 0.717) is 0 Å². The van der Waals surface area contributed by atoms with Gasteiger partial charge in [0, 0.05) is 6.92 Å². The van der Waals surface area contributed by atoms with Gasteiger partial charge in [-0.05, 0) is 6.92 Å². The van der Waals surface area contributed by atoms with Gasteiger partial charge in [0.25, 0.3) is 0 Å². The smallest absolute Gasteiger partial charge is 0.349 e. The molecule has 0 aromatic carbocycles. The molecule has 10 heteroatoms. The van der Waals surface area contributed by atoms with Crippen molar-refractivity contribution in [3.05, 3.63) is 0 Å². The highest BCUT2D eigenvalue weighted by Gasteiger charge is 2.48. The zero-order valence-electron chi connectivity index (χ0n) is 11.2. The zero-order valence-corrected chi connectivity index (χ0v) is 11.2. The maximum atomic E-state index is 11.4. The van der Waals surface area contributed by atoms with Crippen LogP contribution in [0, 0.1) is 0 Å². The number of esters is 3. The van der Waals surface area contributed by atoms with Crippen LogP contribution in [0.15, 0.2) is 0 Å². The molecule has 10 nitrogen and oxygen atoms in total. The van der Waals surface area contributed by atoms with Gasteiger partial charge < -0.3 is 24.8 Å². The molecule has 0 fully saturated rings. The summed E-state index contributed by atoms with van der Waals surface area (Å²) in [6, 6.07) is 0. The maximum absolute atomic E-state index is 11.4. The molecule has 0 rings (SSSR count). The number of hydrogen-bond donors (Lipinski definition) is 3. The zero-order chi connectivity index (χ0) is 16.8. The van der Waals surface area contributed by atoms with Gasteiger partial charge in [-0.3, -0.25) is 14.4 Å². The third kappa shape index (κ3) is 5.99. The number of carbonyl (C=O) groups is 5. The predicted octanol–water partition coefficient (Wildman–Crippen LogP) is -1.31. The summed E-state index contributed by atoms with van der Waals surface area (Å²) in [6.45, 7) is 1.84. The van der Waals surface area contributed by atoms with E-state index in [1.165, 1.54) is 0 Å². The molecule has 0 aliphatic rings. The minimum absolute atomic E-state index is 0.874. The molecule has 0 aromatic heterocycles. The van der Waals surface area contributed by atoms with Crippen LogP contribution in [0.25, 0.3) is 0 Å². The Morgan fingerprint density at radius 2 is 1.62 bits per heavy atom. The number of carbonyl (C=O) groups excluding carboxylic acids is 3. The summed E-state index contributed by atoms with van der Waals surface area (Å²) in [5.41, 5.74) is -2.79. The van der Waals surface area contributed by atoms with Gasteiger partial charge in [-0.25, -0.2) is 9.59 Å². The molecule has 0 aliphatic carbocycles. The summed E-state index contributed by atoms with van der Waals surface area (Å²) in [7, 11) is 0. The number of ether oxygens (including phenoxy) is 2. The van der Waals surface area contributed by atoms with Crippen molar-refractivity contribution >= 4 is 29.8 Å². The Bertz CT molecular complexity index is 466. The Labute approximate surface area is 118 Å². The number of aliphatic hydroxyl groups is 1. The molecule has 0 aliphatic heterocycles. The van der Waals surface area contributed by atoms with Crippen LogP contribution >= 0.6 is 0 Å². The Morgan fingerprint density at radius 3 is 1.95 bits per heavy atom. The van der Waals surface area contributed by atoms with Gasteiger partial charge in [-0.2, -0.15) is 0 Å². The first-order valence-electron chi connectivity index (χ1n) is 5.57. The molecule has 0 heterocycles. The second kappa shape index (κ2) is 7.33. The first-order valence-corrected chi connectivity index (χ1v) is 5.57. The SMILES string of the molecule is CC(=O)OC(=O)CC(CC(=O)O)(OC(=O)C(C)O)C(=O)O. The van der Waals surface area contributed by atoms with E-state index in [-0.39, 0.29) is 0 Å². The van der Waals surface area contributed by atoms with E-state index in [0.717, 1.165) is 13.8 Å². The molecule has 0 radical (unpaired) electrons. The van der Waals surface area contributed by atoms with E-state index in [1.807, 2.05) is 0 Å². The third-order valence-electron chi connectivity index (χ3n) is 2.15. The average Bonchev–Trinajstić information content (AvgIpc) is 2.25. The fourth-order valence-corrected chi connectivity index (χ4v) is 1.28. The number of rotatable bonds is 7. The van der Waals surface area contributed by atoms with Crippen molar-refractivity contribution in [2.75, 3.05) is 0 Å². The van der Waals surface area contributed by atoms with Gasteiger partial charge >= 0.3 is 29.8 Å². The van der Waals surface area contributed by atoms with Gasteiger partial charge in [-0.1, -0.05) is 0 Å². The second-order valence-electron chi connectivity index (χ2n) is 4.11. The standard InChI is InChI=1S/C11H14O10/c1-5(12)9(17)21-11(10(18)19,3-7(14)15)4-8(16)20-6(2)13/h5,12H,3-4H2,1-2H3,(H,14,15)(H,18,19). The molecular formula is C11H14O10. The van der Waals surface area contributed by atoms with Crippen LogP contribution in [0.2, 0.25) is 0 Å². The molecule has 0 aromatic rings. The van der Waals surface area contributed by atoms with Crippen LogP contribution < -0.4 is 0 Å². The summed E-state index contributed by atoms with van der Waals surface area (Å²) in [6.07, 6.45) is -4.19. The number of aliphatic carboxylic acids is 2. The average molecular weight is 306 g/mol. The fraction of sp³-hybridized carbons (Fsp3) is 0.545. The topological polar surface area (TPSA) is 164 Å². The highest BCUT2D eigenvalue weighted by Crippen LogP contribution is 2.23. The van der Waals surface area contributed by atoms with Gasteiger partial charge in [0.05, 0.1) is 12.8 Å². The highest BCUT2D eigenvalue weighted by atomic mass is 16.6. The number of carboxylic acid groups (broad SMARTS) is 2. The van der Waals surface area contributed by atoms with Gasteiger partial charge in [-0.15, -0.1) is 0 Å². The van der Waals surface area contributed by atoms with Crippen LogP contribution in [-0.2, 0) is 33.4 Å². The van der Waals surface area contributed by atoms with Crippen LogP contribution in [0.3, 0.4) is 0 Å². The summed E-state index contributed by atoms with van der Waals surface area (Å²) in [5, 5.41) is 26.8. The molecule has 3 N–H and O–H groups in total. The van der Waals surface area contributed by atoms with Crippen molar-refractivity contribution in [3.63, 3.8) is 0 Å². The second-order valence-corrected chi connectivity index (χ2v) is 4.11. The Kier molecular flexibility index (Phi) is 6.46. The number of aliphatic hydroxyl groups excluding tert-OH is 1. The first kappa shape index (κ1) is 18.5. The quantitative estimate of drug-likeness (QED) is 0.379. The van der Waals surface area contributed by atoms with Crippen molar-refractivity contribution in [1.82, 2.24) is 0 Å². The first-order chi connectivity index (χ1) is 9.50. The molecule has 0 bridgehead atoms. The van der Waals surface area contributed by atoms with Crippen molar-refractivity contribution < 1.29 is 48.8 Å². The third-order valence-corrected chi connectivity index (χ3v) is 2.15. The maximum Gasteiger partial charge on any atom is 0.349 e. The van der Waals surface area contributed by atoms with Gasteiger partial charge in [0.15, 0.2) is 0 Å². The van der Waals surface area contributed by atoms with E-state index < -0.39 is 54.4 Å². The Balaban J connectivity index is 5.43. The molecule has 0 amide bonds. The molecular weight excluding hydrogens is 292 g/mol. The summed E-state index contributed by atoms with van der Waals surface area (Å²) in [5.74, 6) is -7.47. The predicted molar refractivity (Wildman–Crippen MR) is 61.8 cm³/mol. The van der Waals surface area contributed by atoms with Crippen molar-refractivity contribution in [2.45, 2.75) is 38.4 Å². The monoisotopic (exact) mass is 306 g/mol. The summed E-state index contributed by atoms with van der Waals surface area (Å²) < 4.78 is 8.53. The van der Waals surface area contributed by atoms with Crippen molar-refractivity contribution in [3.8, 4) is 0 Å². The molecule has 21 heavy (non-hydrogen) atoms. The lowest BCUT2D eigenvalue weighted by Gasteiger charge is -2.27. The lowest BCUT2D eigenvalue weighted by Crippen LogP contribution is -2.48. The van der Waals surface area contributed by atoms with Crippen LogP contribution in [0.5, 0.6) is 0 Å². The van der Waals surface area contributed by atoms with E-state index in [1.54, 1.807) is 0 Å². The molecule has 0 saturated heterocycles. The minimum Gasteiger partial charge on any atom is -0.481 e. The van der Waals surface area contributed by atoms with Crippen molar-refractivity contribution in [1.29, 1.82) is 0 Å². The normalized spacial score (nSPS) is 14.4. The van der Waals surface area contributed by atoms with Crippen LogP contribution in [0.1, 0.15) is 26.7 Å². The number of hydrogen-bond acceptors (Lipinski definition) is 8. The molecule has 118 valence electrons. The molecule has 0 saturated carbocycles. The Morgan fingerprint density at radius 1 is 1.10 bits per heavy atom. The molecule has 0 spiro atoms. The molecule has 2 atom stereocenters. The highest BCUT2D eigenvalue weighted by molar-refractivity contribution is 5.93. The lowest BCUT2D eigenvalue weighted by molar-refractivity contribution is -0.191. The Hall–Kier alpha value is -2.49. The minimum atomic E-state index is -2.79.